The molecule has 7 heteroatoms. The van der Waals surface area contributed by atoms with Crippen LogP contribution in [0.5, 0.6) is 0 Å². The van der Waals surface area contributed by atoms with Gasteiger partial charge < -0.3 is 5.11 Å². The van der Waals surface area contributed by atoms with Gasteiger partial charge in [-0.25, -0.2) is 4.68 Å². The van der Waals surface area contributed by atoms with Gasteiger partial charge in [-0.15, -0.1) is 5.10 Å². The third-order valence-corrected chi connectivity index (χ3v) is 4.17. The molecule has 0 unspecified atom stereocenters. The zero-order chi connectivity index (χ0) is 14.1. The van der Waals surface area contributed by atoms with E-state index in [0.29, 0.717) is 12.1 Å². The molecule has 0 aromatic carbocycles. The zero-order valence-corrected chi connectivity index (χ0v) is 12.3. The van der Waals surface area contributed by atoms with Gasteiger partial charge in [-0.05, 0) is 37.1 Å². The Morgan fingerprint density at radius 1 is 1.35 bits per heavy atom. The van der Waals surface area contributed by atoms with Crippen molar-refractivity contribution in [2.45, 2.75) is 51.4 Å². The van der Waals surface area contributed by atoms with Crippen molar-refractivity contribution in [1.29, 1.82) is 0 Å². The van der Waals surface area contributed by atoms with Crippen LogP contribution in [0.3, 0.4) is 0 Å². The Hall–Kier alpha value is -1.05. The first kappa shape index (κ1) is 13.9. The van der Waals surface area contributed by atoms with Crippen LogP contribution in [0.4, 0.5) is 0 Å². The monoisotopic (exact) mass is 280 g/mol. The molecule has 0 amide bonds. The summed E-state index contributed by atoms with van der Waals surface area (Å²) in [5.41, 5.74) is 0. The molecule has 1 aromatic rings. The predicted molar refractivity (Wildman–Crippen MR) is 74.1 cm³/mol. The minimum Gasteiger partial charge on any atom is -0.392 e. The smallest absolute Gasteiger partial charge is 0.165 e. The molecule has 1 saturated heterocycles. The van der Waals surface area contributed by atoms with E-state index in [1.165, 1.54) is 12.8 Å². The van der Waals surface area contributed by atoms with Crippen molar-refractivity contribution in [2.24, 2.45) is 0 Å². The number of hydrogen-bond acceptors (Lipinski definition) is 6. The summed E-state index contributed by atoms with van der Waals surface area (Å²) in [4.78, 5) is 4.76. The summed E-state index contributed by atoms with van der Waals surface area (Å²) in [6.07, 6.45) is 2.15. The van der Waals surface area contributed by atoms with Crippen molar-refractivity contribution in [3.63, 3.8) is 0 Å². The average Bonchev–Trinajstić information content (AvgIpc) is 3.13. The summed E-state index contributed by atoms with van der Waals surface area (Å²) in [6, 6.07) is 0.998. The van der Waals surface area contributed by atoms with Crippen LogP contribution in [0.25, 0.3) is 0 Å². The van der Waals surface area contributed by atoms with E-state index in [2.05, 4.69) is 32.2 Å². The molecule has 2 atom stereocenters. The molecule has 1 aliphatic carbocycles. The molecular formula is C13H24N6O. The highest BCUT2D eigenvalue weighted by Gasteiger charge is 2.30. The first-order valence-electron chi connectivity index (χ1n) is 7.54. The third kappa shape index (κ3) is 3.16. The highest BCUT2D eigenvalue weighted by atomic mass is 16.3. The second-order valence-electron chi connectivity index (χ2n) is 6.20. The van der Waals surface area contributed by atoms with Gasteiger partial charge in [0.25, 0.3) is 0 Å². The van der Waals surface area contributed by atoms with Gasteiger partial charge in [-0.2, -0.15) is 0 Å². The van der Waals surface area contributed by atoms with Gasteiger partial charge in [0.05, 0.1) is 18.7 Å². The van der Waals surface area contributed by atoms with Gasteiger partial charge in [0.1, 0.15) is 0 Å². The molecule has 1 aromatic heterocycles. The average molecular weight is 280 g/mol. The molecule has 0 spiro atoms. The van der Waals surface area contributed by atoms with Crippen molar-refractivity contribution in [3.8, 4) is 0 Å². The van der Waals surface area contributed by atoms with Gasteiger partial charge in [-0.1, -0.05) is 0 Å². The molecule has 1 saturated carbocycles. The van der Waals surface area contributed by atoms with E-state index in [1.807, 2.05) is 11.6 Å². The minimum absolute atomic E-state index is 0.258. The number of aromatic nitrogens is 4. The van der Waals surface area contributed by atoms with Gasteiger partial charge in [0.2, 0.25) is 0 Å². The van der Waals surface area contributed by atoms with E-state index >= 15 is 0 Å². The van der Waals surface area contributed by atoms with E-state index in [0.717, 1.165) is 38.5 Å². The maximum absolute atomic E-state index is 9.51. The van der Waals surface area contributed by atoms with Gasteiger partial charge in [0, 0.05) is 32.2 Å². The molecule has 2 aliphatic rings. The van der Waals surface area contributed by atoms with Crippen LogP contribution >= 0.6 is 0 Å². The molecule has 1 N–H and O–H groups in total. The van der Waals surface area contributed by atoms with Gasteiger partial charge in [-0.3, -0.25) is 9.80 Å². The number of aliphatic hydroxyl groups is 1. The van der Waals surface area contributed by atoms with E-state index in [-0.39, 0.29) is 6.10 Å². The number of nitrogens with zero attached hydrogens (tertiary/aromatic N) is 6. The fourth-order valence-electron chi connectivity index (χ4n) is 2.94. The molecule has 20 heavy (non-hydrogen) atoms. The lowest BCUT2D eigenvalue weighted by atomic mass is 10.1. The quantitative estimate of drug-likeness (QED) is 0.812. The SMILES string of the molecule is C[C@@H]1CN(Cc2nnnn2C2CC2)CCN1C[C@@H](C)O. The van der Waals surface area contributed by atoms with E-state index in [4.69, 9.17) is 0 Å². The summed E-state index contributed by atoms with van der Waals surface area (Å²) in [7, 11) is 0. The number of rotatable bonds is 5. The molecule has 7 nitrogen and oxygen atoms in total. The lowest BCUT2D eigenvalue weighted by Gasteiger charge is -2.40. The van der Waals surface area contributed by atoms with E-state index in [1.54, 1.807) is 0 Å². The van der Waals surface area contributed by atoms with E-state index in [9.17, 15) is 5.11 Å². The predicted octanol–water partition coefficient (Wildman–Crippen LogP) is -0.105. The van der Waals surface area contributed by atoms with Crippen LogP contribution in [0.2, 0.25) is 0 Å². The third-order valence-electron chi connectivity index (χ3n) is 4.17. The van der Waals surface area contributed by atoms with E-state index < -0.39 is 0 Å². The van der Waals surface area contributed by atoms with Crippen LogP contribution in [-0.2, 0) is 6.54 Å². The Labute approximate surface area is 119 Å². The summed E-state index contributed by atoms with van der Waals surface area (Å²) in [6.45, 7) is 8.67. The maximum atomic E-state index is 9.51. The van der Waals surface area contributed by atoms with Crippen molar-refractivity contribution in [2.75, 3.05) is 26.2 Å². The zero-order valence-electron chi connectivity index (χ0n) is 12.3. The molecule has 0 bridgehead atoms. The largest absolute Gasteiger partial charge is 0.392 e. The molecule has 2 heterocycles. The highest BCUT2D eigenvalue weighted by molar-refractivity contribution is 4.92. The first-order valence-corrected chi connectivity index (χ1v) is 7.54. The molecule has 112 valence electrons. The second kappa shape index (κ2) is 5.75. The number of aliphatic hydroxyl groups excluding tert-OH is 1. The number of tetrazole rings is 1. The molecule has 2 fully saturated rings. The fraction of sp³-hybridized carbons (Fsp3) is 0.923. The molecular weight excluding hydrogens is 256 g/mol. The Bertz CT molecular complexity index is 444. The topological polar surface area (TPSA) is 70.3 Å². The first-order chi connectivity index (χ1) is 9.63. The minimum atomic E-state index is -0.258. The second-order valence-corrected chi connectivity index (χ2v) is 6.20. The van der Waals surface area contributed by atoms with Crippen molar-refractivity contribution in [1.82, 2.24) is 30.0 Å². The lowest BCUT2D eigenvalue weighted by Crippen LogP contribution is -2.53. The Balaban J connectivity index is 1.56. The summed E-state index contributed by atoms with van der Waals surface area (Å²) in [5.74, 6) is 0.990. The lowest BCUT2D eigenvalue weighted by molar-refractivity contribution is 0.0408. The normalized spacial score (nSPS) is 26.9. The van der Waals surface area contributed by atoms with Crippen LogP contribution in [0.1, 0.15) is 38.6 Å². The Morgan fingerprint density at radius 3 is 2.80 bits per heavy atom. The number of β-amino-alcohol motifs (C(OH)–C–C–N with tert-alkyl or cyclic N) is 1. The Kier molecular flexibility index (Phi) is 4.00. The van der Waals surface area contributed by atoms with Crippen LogP contribution in [0.15, 0.2) is 0 Å². The van der Waals surface area contributed by atoms with Gasteiger partial charge >= 0.3 is 0 Å². The Morgan fingerprint density at radius 2 is 2.15 bits per heavy atom. The van der Waals surface area contributed by atoms with Crippen LogP contribution < -0.4 is 0 Å². The summed E-state index contributed by atoms with van der Waals surface area (Å²) < 4.78 is 1.99. The summed E-state index contributed by atoms with van der Waals surface area (Å²) in [5, 5.41) is 21.6. The number of piperazine rings is 1. The number of hydrogen-bond donors (Lipinski definition) is 1. The van der Waals surface area contributed by atoms with Crippen LogP contribution in [0, 0.1) is 0 Å². The van der Waals surface area contributed by atoms with Crippen molar-refractivity contribution >= 4 is 0 Å². The maximum Gasteiger partial charge on any atom is 0.165 e. The summed E-state index contributed by atoms with van der Waals surface area (Å²) >= 11 is 0. The molecule has 3 rings (SSSR count). The fourth-order valence-corrected chi connectivity index (χ4v) is 2.94. The standard InChI is InChI=1S/C13H24N6O/c1-10-7-17(5-6-18(10)8-11(2)20)9-13-14-15-16-19(13)12-3-4-12/h10-12,20H,3-9H2,1-2H3/t10-,11-/m1/s1. The van der Waals surface area contributed by atoms with Crippen molar-refractivity contribution < 1.29 is 5.11 Å². The molecule has 0 radical (unpaired) electrons. The van der Waals surface area contributed by atoms with Crippen LogP contribution in [-0.4, -0.2) is 73.4 Å². The molecule has 1 aliphatic heterocycles. The highest BCUT2D eigenvalue weighted by Crippen LogP contribution is 2.34. The van der Waals surface area contributed by atoms with Crippen molar-refractivity contribution in [3.05, 3.63) is 5.82 Å². The van der Waals surface area contributed by atoms with Gasteiger partial charge in [0.15, 0.2) is 5.82 Å².